The monoisotopic (exact) mass is 272 g/mol. The molecule has 1 aromatic heterocycles. The first-order valence-corrected chi connectivity index (χ1v) is 5.91. The largest absolute Gasteiger partial charge is 0.392 e. The Morgan fingerprint density at radius 3 is 2.67 bits per heavy atom. The van der Waals surface area contributed by atoms with Gasteiger partial charge in [0.25, 0.3) is 0 Å². The van der Waals surface area contributed by atoms with Crippen LogP contribution in [0.3, 0.4) is 0 Å². The van der Waals surface area contributed by atoms with E-state index in [-0.39, 0.29) is 6.61 Å². The minimum absolute atomic E-state index is 0.0188. The number of nitrogens with zero attached hydrogens (tertiary/aromatic N) is 2. The Kier molecular flexibility index (Phi) is 4.54. The summed E-state index contributed by atoms with van der Waals surface area (Å²) >= 11 is 3.35. The number of aliphatic hydroxyl groups is 1. The summed E-state index contributed by atoms with van der Waals surface area (Å²) in [5, 5.41) is 9.28. The Morgan fingerprint density at radius 2 is 2.20 bits per heavy atom. The van der Waals surface area contributed by atoms with E-state index in [1.54, 1.807) is 6.20 Å². The smallest absolute Gasteiger partial charge is 0.134 e. The first-order valence-electron chi connectivity index (χ1n) is 5.12. The molecule has 1 rings (SSSR count). The van der Waals surface area contributed by atoms with E-state index in [1.165, 1.54) is 0 Å². The molecule has 0 aliphatic heterocycles. The van der Waals surface area contributed by atoms with Crippen molar-refractivity contribution in [1.82, 2.24) is 4.98 Å². The highest BCUT2D eigenvalue weighted by molar-refractivity contribution is 9.10. The number of rotatable bonds is 4. The van der Waals surface area contributed by atoms with Crippen molar-refractivity contribution in [3.05, 3.63) is 22.3 Å². The standard InChI is InChI=1S/C11H17BrN2O/c1-4-14(8(2)3)11-9(7-15)5-10(12)6-13-11/h5-6,8,15H,4,7H2,1-3H3. The lowest BCUT2D eigenvalue weighted by molar-refractivity contribution is 0.281. The zero-order chi connectivity index (χ0) is 11.4. The number of pyridine rings is 1. The SMILES string of the molecule is CCN(c1ncc(Br)cc1CO)C(C)C. The molecule has 0 aromatic carbocycles. The van der Waals surface area contributed by atoms with Crippen molar-refractivity contribution in [2.45, 2.75) is 33.4 Å². The quantitative estimate of drug-likeness (QED) is 0.916. The predicted octanol–water partition coefficient (Wildman–Crippen LogP) is 2.57. The Morgan fingerprint density at radius 1 is 1.53 bits per heavy atom. The summed E-state index contributed by atoms with van der Waals surface area (Å²) in [6.45, 7) is 7.23. The van der Waals surface area contributed by atoms with Gasteiger partial charge in [-0.15, -0.1) is 0 Å². The molecule has 3 nitrogen and oxygen atoms in total. The van der Waals surface area contributed by atoms with Crippen LogP contribution in [0.15, 0.2) is 16.7 Å². The molecular weight excluding hydrogens is 256 g/mol. The summed E-state index contributed by atoms with van der Waals surface area (Å²) in [5.41, 5.74) is 0.861. The maximum Gasteiger partial charge on any atom is 0.134 e. The average molecular weight is 273 g/mol. The molecule has 0 unspecified atom stereocenters. The Bertz CT molecular complexity index is 328. The fourth-order valence-corrected chi connectivity index (χ4v) is 1.99. The molecule has 4 heteroatoms. The minimum atomic E-state index is 0.0188. The molecule has 84 valence electrons. The van der Waals surface area contributed by atoms with Gasteiger partial charge in [-0.3, -0.25) is 0 Å². The summed E-state index contributed by atoms with van der Waals surface area (Å²) in [6, 6.07) is 2.29. The zero-order valence-electron chi connectivity index (χ0n) is 9.37. The third-order valence-electron chi connectivity index (χ3n) is 2.32. The molecule has 0 radical (unpaired) electrons. The van der Waals surface area contributed by atoms with Gasteiger partial charge >= 0.3 is 0 Å². The topological polar surface area (TPSA) is 36.4 Å². The number of hydrogen-bond donors (Lipinski definition) is 1. The average Bonchev–Trinajstić information content (AvgIpc) is 2.20. The Hall–Kier alpha value is -0.610. The van der Waals surface area contributed by atoms with E-state index in [2.05, 4.69) is 46.6 Å². The van der Waals surface area contributed by atoms with Crippen LogP contribution in [-0.4, -0.2) is 22.7 Å². The highest BCUT2D eigenvalue weighted by atomic mass is 79.9. The molecule has 15 heavy (non-hydrogen) atoms. The summed E-state index contributed by atoms with van der Waals surface area (Å²) in [6.07, 6.45) is 1.76. The van der Waals surface area contributed by atoms with Gasteiger partial charge in [0.15, 0.2) is 0 Å². The van der Waals surface area contributed by atoms with Crippen molar-refractivity contribution in [3.8, 4) is 0 Å². The van der Waals surface area contributed by atoms with Gasteiger partial charge in [0.05, 0.1) is 6.61 Å². The van der Waals surface area contributed by atoms with Gasteiger partial charge in [-0.2, -0.15) is 0 Å². The maximum atomic E-state index is 9.28. The molecule has 0 atom stereocenters. The molecule has 0 amide bonds. The van der Waals surface area contributed by atoms with Crippen LogP contribution in [0, 0.1) is 0 Å². The fourth-order valence-electron chi connectivity index (χ4n) is 1.61. The second-order valence-electron chi connectivity index (χ2n) is 3.67. The molecule has 0 aliphatic rings. The van der Waals surface area contributed by atoms with Gasteiger partial charge in [0.2, 0.25) is 0 Å². The first-order chi connectivity index (χ1) is 7.10. The van der Waals surface area contributed by atoms with Crippen LogP contribution < -0.4 is 4.90 Å². The second-order valence-corrected chi connectivity index (χ2v) is 4.59. The number of anilines is 1. The zero-order valence-corrected chi connectivity index (χ0v) is 11.0. The third kappa shape index (κ3) is 2.92. The number of hydrogen-bond acceptors (Lipinski definition) is 3. The van der Waals surface area contributed by atoms with Crippen LogP contribution in [0.25, 0.3) is 0 Å². The maximum absolute atomic E-state index is 9.28. The van der Waals surface area contributed by atoms with Crippen molar-refractivity contribution in [3.63, 3.8) is 0 Å². The number of halogens is 1. The molecule has 0 fully saturated rings. The van der Waals surface area contributed by atoms with Gasteiger partial charge in [0, 0.05) is 28.8 Å². The second kappa shape index (κ2) is 5.47. The van der Waals surface area contributed by atoms with Crippen molar-refractivity contribution in [1.29, 1.82) is 0 Å². The van der Waals surface area contributed by atoms with E-state index in [1.807, 2.05) is 6.07 Å². The summed E-state index contributed by atoms with van der Waals surface area (Å²) in [5.74, 6) is 0.873. The van der Waals surface area contributed by atoms with E-state index in [9.17, 15) is 5.11 Å². The molecule has 0 aliphatic carbocycles. The van der Waals surface area contributed by atoms with Gasteiger partial charge in [-0.1, -0.05) is 0 Å². The number of aliphatic hydroxyl groups excluding tert-OH is 1. The lowest BCUT2D eigenvalue weighted by Gasteiger charge is -2.28. The fraction of sp³-hybridized carbons (Fsp3) is 0.545. The molecule has 1 aromatic rings. The van der Waals surface area contributed by atoms with Crippen molar-refractivity contribution in [2.24, 2.45) is 0 Å². The molecule has 0 saturated heterocycles. The Balaban J connectivity index is 3.11. The van der Waals surface area contributed by atoms with Gasteiger partial charge in [-0.25, -0.2) is 4.98 Å². The Labute approximate surface area is 99.3 Å². The van der Waals surface area contributed by atoms with E-state index in [0.717, 1.165) is 22.4 Å². The first kappa shape index (κ1) is 12.5. The molecular formula is C11H17BrN2O. The van der Waals surface area contributed by atoms with Crippen LogP contribution >= 0.6 is 15.9 Å². The van der Waals surface area contributed by atoms with Crippen LogP contribution in [0.2, 0.25) is 0 Å². The van der Waals surface area contributed by atoms with Crippen LogP contribution in [-0.2, 0) is 6.61 Å². The van der Waals surface area contributed by atoms with Crippen molar-refractivity contribution in [2.75, 3.05) is 11.4 Å². The molecule has 1 heterocycles. The minimum Gasteiger partial charge on any atom is -0.392 e. The highest BCUT2D eigenvalue weighted by Gasteiger charge is 2.13. The highest BCUT2D eigenvalue weighted by Crippen LogP contribution is 2.23. The lowest BCUT2D eigenvalue weighted by atomic mass is 10.2. The van der Waals surface area contributed by atoms with Gasteiger partial charge in [-0.05, 0) is 42.8 Å². The normalized spacial score (nSPS) is 10.8. The lowest BCUT2D eigenvalue weighted by Crippen LogP contribution is -2.32. The summed E-state index contributed by atoms with van der Waals surface area (Å²) in [4.78, 5) is 6.53. The van der Waals surface area contributed by atoms with Crippen molar-refractivity contribution < 1.29 is 5.11 Å². The van der Waals surface area contributed by atoms with E-state index in [0.29, 0.717) is 6.04 Å². The third-order valence-corrected chi connectivity index (χ3v) is 2.75. The van der Waals surface area contributed by atoms with E-state index in [4.69, 9.17) is 0 Å². The number of aromatic nitrogens is 1. The molecule has 0 saturated carbocycles. The van der Waals surface area contributed by atoms with E-state index >= 15 is 0 Å². The van der Waals surface area contributed by atoms with Crippen LogP contribution in [0.4, 0.5) is 5.82 Å². The van der Waals surface area contributed by atoms with Crippen LogP contribution in [0.1, 0.15) is 26.3 Å². The summed E-state index contributed by atoms with van der Waals surface area (Å²) in [7, 11) is 0. The molecule has 0 bridgehead atoms. The van der Waals surface area contributed by atoms with Gasteiger partial charge < -0.3 is 10.0 Å². The van der Waals surface area contributed by atoms with Crippen molar-refractivity contribution >= 4 is 21.7 Å². The van der Waals surface area contributed by atoms with Gasteiger partial charge in [0.1, 0.15) is 5.82 Å². The van der Waals surface area contributed by atoms with Crippen LogP contribution in [0.5, 0.6) is 0 Å². The van der Waals surface area contributed by atoms with E-state index < -0.39 is 0 Å². The summed E-state index contributed by atoms with van der Waals surface area (Å²) < 4.78 is 0.898. The molecule has 0 spiro atoms. The molecule has 1 N–H and O–H groups in total. The predicted molar refractivity (Wildman–Crippen MR) is 66.0 cm³/mol.